The minimum atomic E-state index is 0.448. The molecule has 0 spiro atoms. The van der Waals surface area contributed by atoms with E-state index in [1.165, 1.54) is 43.9 Å². The zero-order valence-electron chi connectivity index (χ0n) is 13.7. The lowest BCUT2D eigenvalue weighted by molar-refractivity contribution is -0.0245. The fourth-order valence-electron chi connectivity index (χ4n) is 4.27. The summed E-state index contributed by atoms with van der Waals surface area (Å²) in [4.78, 5) is 10.0. The molecule has 4 nitrogen and oxygen atoms in total. The topological polar surface area (TPSA) is 28.6 Å². The smallest absolute Gasteiger partial charge is 0.107 e. The average Bonchev–Trinajstić information content (AvgIpc) is 3.05. The zero-order valence-corrected chi connectivity index (χ0v) is 14.5. The van der Waals surface area contributed by atoms with Crippen molar-refractivity contribution in [2.24, 2.45) is 11.8 Å². The van der Waals surface area contributed by atoms with Crippen LogP contribution in [0, 0.1) is 18.8 Å². The van der Waals surface area contributed by atoms with Crippen LogP contribution in [0.25, 0.3) is 0 Å². The van der Waals surface area contributed by atoms with Gasteiger partial charge in [-0.1, -0.05) is 0 Å². The van der Waals surface area contributed by atoms with Gasteiger partial charge in [-0.2, -0.15) is 0 Å². The minimum absolute atomic E-state index is 0.448. The van der Waals surface area contributed by atoms with Gasteiger partial charge >= 0.3 is 0 Å². The fraction of sp³-hybridized carbons (Fsp3) is 0.824. The molecule has 5 heteroatoms. The third kappa shape index (κ3) is 3.09. The molecule has 2 aliphatic heterocycles. The van der Waals surface area contributed by atoms with Gasteiger partial charge in [-0.05, 0) is 32.1 Å². The normalized spacial score (nSPS) is 33.3. The first-order valence-electron chi connectivity index (χ1n) is 8.63. The second-order valence-electron chi connectivity index (χ2n) is 7.31. The summed E-state index contributed by atoms with van der Waals surface area (Å²) >= 11 is 1.81. The lowest BCUT2D eigenvalue weighted by Crippen LogP contribution is -2.50. The molecule has 3 aliphatic rings. The molecule has 0 radical (unpaired) electrons. The van der Waals surface area contributed by atoms with Crippen LogP contribution in [0.3, 0.4) is 0 Å². The SMILES string of the molecule is CO[C@@H]1CCN(Cc2nc(C)cs2)[C@H]2CN(CC3CC3)C[C@@H]12. The number of aryl methyl sites for hydroxylation is 1. The maximum absolute atomic E-state index is 5.81. The molecule has 1 aromatic heterocycles. The quantitative estimate of drug-likeness (QED) is 0.832. The van der Waals surface area contributed by atoms with Crippen molar-refractivity contribution in [2.75, 3.05) is 33.3 Å². The van der Waals surface area contributed by atoms with Gasteiger partial charge < -0.3 is 9.64 Å². The number of likely N-dealkylation sites (tertiary alicyclic amines) is 2. The van der Waals surface area contributed by atoms with E-state index < -0.39 is 0 Å². The van der Waals surface area contributed by atoms with E-state index in [1.807, 2.05) is 18.4 Å². The van der Waals surface area contributed by atoms with E-state index in [-0.39, 0.29) is 0 Å². The maximum atomic E-state index is 5.81. The molecule has 22 heavy (non-hydrogen) atoms. The van der Waals surface area contributed by atoms with Gasteiger partial charge in [0.05, 0.1) is 12.6 Å². The Kier molecular flexibility index (Phi) is 4.24. The summed E-state index contributed by atoms with van der Waals surface area (Å²) in [5.74, 6) is 1.66. The number of thiazole rings is 1. The molecule has 0 unspecified atom stereocenters. The molecule has 3 fully saturated rings. The van der Waals surface area contributed by atoms with Crippen molar-refractivity contribution in [3.63, 3.8) is 0 Å². The third-order valence-corrected chi connectivity index (χ3v) is 6.53. The summed E-state index contributed by atoms with van der Waals surface area (Å²) in [6.07, 6.45) is 4.51. The molecule has 1 aromatic rings. The summed E-state index contributed by atoms with van der Waals surface area (Å²) in [6, 6.07) is 0.654. The Hall–Kier alpha value is -0.490. The Morgan fingerprint density at radius 1 is 1.32 bits per heavy atom. The highest BCUT2D eigenvalue weighted by atomic mass is 32.1. The summed E-state index contributed by atoms with van der Waals surface area (Å²) in [6.45, 7) is 8.03. The molecular weight excluding hydrogens is 294 g/mol. The Bertz CT molecular complexity index is 516. The first-order chi connectivity index (χ1) is 10.7. The molecule has 0 aromatic carbocycles. The molecule has 1 saturated carbocycles. The standard InChI is InChI=1S/C17H27N3OS/c1-12-11-22-17(18-12)10-20-6-5-16(21-2)14-8-19(9-15(14)20)7-13-3-4-13/h11,13-16H,3-10H2,1-2H3/t14-,15+,16-/m1/s1. The molecule has 0 bridgehead atoms. The summed E-state index contributed by atoms with van der Waals surface area (Å²) < 4.78 is 5.81. The van der Waals surface area contributed by atoms with Crippen LogP contribution < -0.4 is 0 Å². The number of rotatable bonds is 5. The predicted octanol–water partition coefficient (Wildman–Crippen LogP) is 2.38. The molecule has 3 atom stereocenters. The number of methoxy groups -OCH3 is 1. The van der Waals surface area contributed by atoms with Crippen molar-refractivity contribution in [3.8, 4) is 0 Å². The number of aromatic nitrogens is 1. The molecule has 1 aliphatic carbocycles. The second kappa shape index (κ2) is 6.19. The van der Waals surface area contributed by atoms with Gasteiger partial charge in [-0.25, -0.2) is 4.98 Å². The molecule has 4 rings (SSSR count). The van der Waals surface area contributed by atoms with Crippen molar-refractivity contribution >= 4 is 11.3 Å². The number of hydrogen-bond acceptors (Lipinski definition) is 5. The van der Waals surface area contributed by atoms with Gasteiger partial charge in [-0.15, -0.1) is 11.3 Å². The van der Waals surface area contributed by atoms with Gasteiger partial charge in [0.15, 0.2) is 0 Å². The van der Waals surface area contributed by atoms with Gasteiger partial charge in [0.1, 0.15) is 5.01 Å². The van der Waals surface area contributed by atoms with Crippen LogP contribution >= 0.6 is 11.3 Å². The zero-order chi connectivity index (χ0) is 15.1. The van der Waals surface area contributed by atoms with Gasteiger partial charge in [0.2, 0.25) is 0 Å². The molecule has 2 saturated heterocycles. The van der Waals surface area contributed by atoms with E-state index >= 15 is 0 Å². The van der Waals surface area contributed by atoms with Crippen molar-refractivity contribution in [1.29, 1.82) is 0 Å². The van der Waals surface area contributed by atoms with E-state index in [1.54, 1.807) is 0 Å². The van der Waals surface area contributed by atoms with Crippen molar-refractivity contribution in [3.05, 3.63) is 16.1 Å². The van der Waals surface area contributed by atoms with Crippen LogP contribution in [-0.4, -0.2) is 60.2 Å². The van der Waals surface area contributed by atoms with Crippen molar-refractivity contribution < 1.29 is 4.74 Å². The van der Waals surface area contributed by atoms with Crippen molar-refractivity contribution in [2.45, 2.75) is 44.9 Å². The molecule has 3 heterocycles. The lowest BCUT2D eigenvalue weighted by Gasteiger charge is -2.40. The van der Waals surface area contributed by atoms with Gasteiger partial charge in [-0.3, -0.25) is 4.90 Å². The van der Waals surface area contributed by atoms with Crippen LogP contribution in [0.2, 0.25) is 0 Å². The first-order valence-corrected chi connectivity index (χ1v) is 9.51. The van der Waals surface area contributed by atoms with Crippen LogP contribution in [-0.2, 0) is 11.3 Å². The van der Waals surface area contributed by atoms with Gasteiger partial charge in [0.25, 0.3) is 0 Å². The maximum Gasteiger partial charge on any atom is 0.107 e. The molecular formula is C17H27N3OS. The summed E-state index contributed by atoms with van der Waals surface area (Å²) in [5.41, 5.74) is 1.16. The fourth-order valence-corrected chi connectivity index (χ4v) is 5.07. The number of nitrogens with zero attached hydrogens (tertiary/aromatic N) is 3. The number of hydrogen-bond donors (Lipinski definition) is 0. The van der Waals surface area contributed by atoms with Gasteiger partial charge in [0, 0.05) is 56.3 Å². The largest absolute Gasteiger partial charge is 0.381 e. The van der Waals surface area contributed by atoms with Crippen LogP contribution in [0.4, 0.5) is 0 Å². The lowest BCUT2D eigenvalue weighted by atomic mass is 9.89. The predicted molar refractivity (Wildman–Crippen MR) is 89.1 cm³/mol. The summed E-state index contributed by atoms with van der Waals surface area (Å²) in [5, 5.41) is 3.44. The van der Waals surface area contributed by atoms with Crippen LogP contribution in [0.5, 0.6) is 0 Å². The van der Waals surface area contributed by atoms with E-state index in [4.69, 9.17) is 4.74 Å². The molecule has 0 N–H and O–H groups in total. The Morgan fingerprint density at radius 2 is 2.18 bits per heavy atom. The van der Waals surface area contributed by atoms with E-state index in [0.29, 0.717) is 18.1 Å². The van der Waals surface area contributed by atoms with Crippen LogP contribution in [0.1, 0.15) is 30.0 Å². The number of fused-ring (bicyclic) bond motifs is 1. The Balaban J connectivity index is 1.45. The van der Waals surface area contributed by atoms with E-state index in [0.717, 1.165) is 24.7 Å². The molecule has 0 amide bonds. The minimum Gasteiger partial charge on any atom is -0.381 e. The highest BCUT2D eigenvalue weighted by Crippen LogP contribution is 2.37. The molecule has 122 valence electrons. The Morgan fingerprint density at radius 3 is 2.86 bits per heavy atom. The highest BCUT2D eigenvalue weighted by molar-refractivity contribution is 7.09. The van der Waals surface area contributed by atoms with Crippen molar-refractivity contribution in [1.82, 2.24) is 14.8 Å². The van der Waals surface area contributed by atoms with E-state index in [2.05, 4.69) is 27.1 Å². The Labute approximate surface area is 137 Å². The second-order valence-corrected chi connectivity index (χ2v) is 8.25. The number of piperidine rings is 1. The number of ether oxygens (including phenoxy) is 1. The van der Waals surface area contributed by atoms with E-state index in [9.17, 15) is 0 Å². The monoisotopic (exact) mass is 321 g/mol. The third-order valence-electron chi connectivity index (χ3n) is 5.58. The van der Waals surface area contributed by atoms with Crippen LogP contribution in [0.15, 0.2) is 5.38 Å². The highest BCUT2D eigenvalue weighted by Gasteiger charge is 2.45. The first kappa shape index (κ1) is 15.1. The summed E-state index contributed by atoms with van der Waals surface area (Å²) in [7, 11) is 1.89. The average molecular weight is 321 g/mol.